The highest BCUT2D eigenvalue weighted by atomic mass is 32.2. The third-order valence-corrected chi connectivity index (χ3v) is 5.60. The second kappa shape index (κ2) is 10.9. The molecular formula is C19H23N3O8S. The second-order valence-corrected chi connectivity index (χ2v) is 7.67. The minimum atomic E-state index is -1.19. The lowest BCUT2D eigenvalue weighted by atomic mass is 9.84. The summed E-state index contributed by atoms with van der Waals surface area (Å²) in [6, 6.07) is 5.34. The number of nitrogens with zero attached hydrogens (tertiary/aromatic N) is 2. The number of non-ortho nitro benzene ring substituents is 1. The number of dihydropyridines is 1. The van der Waals surface area contributed by atoms with E-state index in [1.165, 1.54) is 43.0 Å². The molecule has 2 rings (SSSR count). The summed E-state index contributed by atoms with van der Waals surface area (Å²) in [5, 5.41) is 44.5. The van der Waals surface area contributed by atoms with Gasteiger partial charge in [-0.1, -0.05) is 12.1 Å². The molecule has 0 fully saturated rings. The standard InChI is InChI=1S/C19H23N3O8S/c1-3-30-19(25)17-15(10-31-9-14(24)8-23)20-11(2)18(22(28)29)16(17)12-5-4-6-13(7-12)21(26)27/h4-7,14,16,20,23-24H,3,8-10H2,1-2H3. The first-order valence-electron chi connectivity index (χ1n) is 9.34. The Balaban J connectivity index is 2.62. The summed E-state index contributed by atoms with van der Waals surface area (Å²) < 4.78 is 5.14. The molecule has 3 N–H and O–H groups in total. The highest BCUT2D eigenvalue weighted by Crippen LogP contribution is 2.40. The van der Waals surface area contributed by atoms with Gasteiger partial charge in [0.2, 0.25) is 0 Å². The minimum absolute atomic E-state index is 0.0226. The van der Waals surface area contributed by atoms with E-state index in [4.69, 9.17) is 9.84 Å². The molecule has 0 aromatic heterocycles. The molecule has 1 heterocycles. The van der Waals surface area contributed by atoms with E-state index in [1.807, 2.05) is 0 Å². The minimum Gasteiger partial charge on any atom is -0.463 e. The van der Waals surface area contributed by atoms with E-state index in [0.717, 1.165) is 0 Å². The Labute approximate surface area is 182 Å². The summed E-state index contributed by atoms with van der Waals surface area (Å²) in [5.41, 5.74) is 0.142. The normalized spacial score (nSPS) is 17.2. The molecule has 0 bridgehead atoms. The van der Waals surface area contributed by atoms with Gasteiger partial charge in [-0.15, -0.1) is 0 Å². The molecule has 0 saturated carbocycles. The number of thioether (sulfide) groups is 1. The van der Waals surface area contributed by atoms with Gasteiger partial charge in [0.25, 0.3) is 11.4 Å². The third-order valence-electron chi connectivity index (χ3n) is 4.48. The number of esters is 1. The van der Waals surface area contributed by atoms with E-state index in [1.54, 1.807) is 6.92 Å². The number of rotatable bonds is 10. The van der Waals surface area contributed by atoms with E-state index in [2.05, 4.69) is 5.32 Å². The summed E-state index contributed by atoms with van der Waals surface area (Å²) in [7, 11) is 0. The van der Waals surface area contributed by atoms with Crippen molar-refractivity contribution in [1.29, 1.82) is 0 Å². The van der Waals surface area contributed by atoms with Gasteiger partial charge in [0.15, 0.2) is 0 Å². The van der Waals surface area contributed by atoms with E-state index >= 15 is 0 Å². The number of ether oxygens (including phenoxy) is 1. The molecule has 0 spiro atoms. The van der Waals surface area contributed by atoms with Gasteiger partial charge in [0.05, 0.1) is 40.4 Å². The van der Waals surface area contributed by atoms with Crippen LogP contribution in [-0.2, 0) is 9.53 Å². The SMILES string of the molecule is CCOC(=O)C1=C(CSCC(O)CO)NC(C)=C([N+](=O)[O-])C1c1cccc([N+](=O)[O-])c1. The van der Waals surface area contributed by atoms with Crippen LogP contribution in [0, 0.1) is 20.2 Å². The average molecular weight is 453 g/mol. The molecule has 168 valence electrons. The molecule has 1 aliphatic rings. The summed E-state index contributed by atoms with van der Waals surface area (Å²) in [6.07, 6.45) is -0.959. The number of aliphatic hydroxyl groups excluding tert-OH is 2. The van der Waals surface area contributed by atoms with Gasteiger partial charge in [-0.2, -0.15) is 11.8 Å². The van der Waals surface area contributed by atoms with E-state index in [-0.39, 0.29) is 46.3 Å². The molecule has 0 saturated heterocycles. The lowest BCUT2D eigenvalue weighted by molar-refractivity contribution is -0.431. The Morgan fingerprint density at radius 2 is 2.03 bits per heavy atom. The highest BCUT2D eigenvalue weighted by molar-refractivity contribution is 7.99. The van der Waals surface area contributed by atoms with Crippen LogP contribution in [-0.4, -0.2) is 56.9 Å². The third kappa shape index (κ3) is 5.81. The first-order chi connectivity index (χ1) is 14.7. The Morgan fingerprint density at radius 3 is 2.61 bits per heavy atom. The van der Waals surface area contributed by atoms with Crippen molar-refractivity contribution >= 4 is 23.4 Å². The molecule has 12 heteroatoms. The summed E-state index contributed by atoms with van der Waals surface area (Å²) in [5.74, 6) is -1.63. The Hall–Kier alpha value is -2.96. The second-order valence-electron chi connectivity index (χ2n) is 6.64. The number of aliphatic hydroxyl groups is 2. The molecular weight excluding hydrogens is 430 g/mol. The molecule has 31 heavy (non-hydrogen) atoms. The van der Waals surface area contributed by atoms with Crippen LogP contribution in [0.25, 0.3) is 0 Å². The van der Waals surface area contributed by atoms with Crippen LogP contribution in [0.15, 0.2) is 46.9 Å². The molecule has 1 aliphatic heterocycles. The largest absolute Gasteiger partial charge is 0.463 e. The average Bonchev–Trinajstić information content (AvgIpc) is 2.72. The number of carbonyl (C=O) groups is 1. The van der Waals surface area contributed by atoms with Gasteiger partial charge in [0.1, 0.15) is 5.92 Å². The van der Waals surface area contributed by atoms with Gasteiger partial charge >= 0.3 is 5.97 Å². The van der Waals surface area contributed by atoms with Gasteiger partial charge in [-0.3, -0.25) is 20.2 Å². The number of hydrogen-bond donors (Lipinski definition) is 3. The number of allylic oxidation sites excluding steroid dienone is 2. The maximum atomic E-state index is 12.8. The summed E-state index contributed by atoms with van der Waals surface area (Å²) in [6.45, 7) is 2.69. The lowest BCUT2D eigenvalue weighted by Gasteiger charge is -2.28. The molecule has 2 atom stereocenters. The zero-order valence-electron chi connectivity index (χ0n) is 16.9. The zero-order chi connectivity index (χ0) is 23.1. The van der Waals surface area contributed by atoms with E-state index in [0.29, 0.717) is 5.70 Å². The van der Waals surface area contributed by atoms with Crippen LogP contribution in [0.2, 0.25) is 0 Å². The van der Waals surface area contributed by atoms with Gasteiger partial charge < -0.3 is 20.3 Å². The van der Waals surface area contributed by atoms with Crippen molar-refractivity contribution in [2.75, 3.05) is 24.7 Å². The predicted molar refractivity (Wildman–Crippen MR) is 113 cm³/mol. The fourth-order valence-electron chi connectivity index (χ4n) is 3.18. The lowest BCUT2D eigenvalue weighted by Crippen LogP contribution is -2.33. The maximum Gasteiger partial charge on any atom is 0.337 e. The van der Waals surface area contributed by atoms with Crippen molar-refractivity contribution in [3.63, 3.8) is 0 Å². The topological polar surface area (TPSA) is 165 Å². The first-order valence-corrected chi connectivity index (χ1v) is 10.5. The molecule has 0 aliphatic carbocycles. The Morgan fingerprint density at radius 1 is 1.32 bits per heavy atom. The van der Waals surface area contributed by atoms with Crippen LogP contribution in [0.4, 0.5) is 5.69 Å². The molecule has 0 amide bonds. The number of carbonyl (C=O) groups excluding carboxylic acids is 1. The Kier molecular flexibility index (Phi) is 8.54. The number of nitro groups is 2. The van der Waals surface area contributed by atoms with Crippen LogP contribution in [0.3, 0.4) is 0 Å². The van der Waals surface area contributed by atoms with E-state index < -0.39 is 34.4 Å². The van der Waals surface area contributed by atoms with Crippen LogP contribution < -0.4 is 5.32 Å². The quantitative estimate of drug-likeness (QED) is 0.270. The van der Waals surface area contributed by atoms with Crippen molar-refractivity contribution in [1.82, 2.24) is 5.32 Å². The van der Waals surface area contributed by atoms with Gasteiger partial charge in [0, 0.05) is 29.3 Å². The van der Waals surface area contributed by atoms with Crippen molar-refractivity contribution in [3.05, 3.63) is 72.7 Å². The number of nitro benzene ring substituents is 1. The van der Waals surface area contributed by atoms with Crippen LogP contribution >= 0.6 is 11.8 Å². The monoisotopic (exact) mass is 453 g/mol. The number of hydrogen-bond acceptors (Lipinski definition) is 10. The number of benzene rings is 1. The number of nitrogens with one attached hydrogen (secondary N) is 1. The smallest absolute Gasteiger partial charge is 0.337 e. The summed E-state index contributed by atoms with van der Waals surface area (Å²) in [4.78, 5) is 34.7. The fourth-order valence-corrected chi connectivity index (χ4v) is 4.11. The molecule has 1 aromatic rings. The zero-order valence-corrected chi connectivity index (χ0v) is 17.8. The molecule has 11 nitrogen and oxygen atoms in total. The van der Waals surface area contributed by atoms with Crippen molar-refractivity contribution in [3.8, 4) is 0 Å². The predicted octanol–water partition coefficient (Wildman–Crippen LogP) is 1.69. The van der Waals surface area contributed by atoms with Crippen LogP contribution in [0.5, 0.6) is 0 Å². The van der Waals surface area contributed by atoms with E-state index in [9.17, 15) is 30.1 Å². The molecule has 0 radical (unpaired) electrons. The molecule has 2 unspecified atom stereocenters. The van der Waals surface area contributed by atoms with Gasteiger partial charge in [-0.05, 0) is 19.4 Å². The fraction of sp³-hybridized carbons (Fsp3) is 0.421. The Bertz CT molecular complexity index is 930. The van der Waals surface area contributed by atoms with Crippen molar-refractivity contribution < 1.29 is 29.6 Å². The molecule has 1 aromatic carbocycles. The van der Waals surface area contributed by atoms with Crippen molar-refractivity contribution in [2.45, 2.75) is 25.9 Å². The maximum absolute atomic E-state index is 12.8. The summed E-state index contributed by atoms with van der Waals surface area (Å²) >= 11 is 1.21. The van der Waals surface area contributed by atoms with Gasteiger partial charge in [-0.25, -0.2) is 4.79 Å². The highest BCUT2D eigenvalue weighted by Gasteiger charge is 2.42. The van der Waals surface area contributed by atoms with Crippen molar-refractivity contribution in [2.24, 2.45) is 0 Å². The van der Waals surface area contributed by atoms with Crippen LogP contribution in [0.1, 0.15) is 25.3 Å². The first kappa shape index (κ1) is 24.3.